The minimum absolute atomic E-state index is 0. The highest BCUT2D eigenvalue weighted by molar-refractivity contribution is 14.0. The van der Waals surface area contributed by atoms with E-state index >= 15 is 0 Å². The van der Waals surface area contributed by atoms with Crippen molar-refractivity contribution in [2.75, 3.05) is 26.2 Å². The third kappa shape index (κ3) is 4.94. The number of urea groups is 1. The molecular weight excluding hydrogens is 461 g/mol. The van der Waals surface area contributed by atoms with Crippen molar-refractivity contribution in [2.24, 2.45) is 10.9 Å². The zero-order valence-corrected chi connectivity index (χ0v) is 18.1. The monoisotopic (exact) mass is 489 g/mol. The van der Waals surface area contributed by atoms with Gasteiger partial charge >= 0.3 is 6.03 Å². The van der Waals surface area contributed by atoms with Crippen LogP contribution in [0, 0.1) is 5.92 Å². The summed E-state index contributed by atoms with van der Waals surface area (Å²) in [5.74, 6) is 1.72. The number of piperidine rings is 1. The molecule has 1 atom stereocenters. The summed E-state index contributed by atoms with van der Waals surface area (Å²) < 4.78 is 5.35. The molecule has 0 aliphatic carbocycles. The second-order valence-corrected chi connectivity index (χ2v) is 6.94. The Morgan fingerprint density at radius 3 is 2.70 bits per heavy atom. The summed E-state index contributed by atoms with van der Waals surface area (Å²) in [4.78, 5) is 30.5. The van der Waals surface area contributed by atoms with Gasteiger partial charge in [0.1, 0.15) is 11.3 Å². The van der Waals surface area contributed by atoms with Crippen LogP contribution in [0.2, 0.25) is 0 Å². The molecule has 2 aliphatic heterocycles. The lowest BCUT2D eigenvalue weighted by molar-refractivity contribution is -0.125. The Morgan fingerprint density at radius 1 is 1.41 bits per heavy atom. The van der Waals surface area contributed by atoms with E-state index in [1.54, 1.807) is 6.26 Å². The molecule has 3 amide bonds. The Kier molecular flexibility index (Phi) is 7.51. The zero-order valence-electron chi connectivity index (χ0n) is 15.8. The highest BCUT2D eigenvalue weighted by Gasteiger charge is 2.48. The number of rotatable bonds is 5. The van der Waals surface area contributed by atoms with Gasteiger partial charge in [0.25, 0.3) is 5.91 Å². The van der Waals surface area contributed by atoms with Crippen LogP contribution in [0.15, 0.2) is 27.8 Å². The van der Waals surface area contributed by atoms with Crippen molar-refractivity contribution in [3.05, 3.63) is 24.2 Å². The van der Waals surface area contributed by atoms with Crippen LogP contribution < -0.4 is 16.0 Å². The standard InChI is InChI=1S/C18H27N5O3.HI/c1-3-19-16(20-9-6-14-5-4-12-26-14)23-10-7-13(8-11-23)18(2)15(24)21-17(25)22-18;/h4-5,12-13H,3,6-11H2,1-2H3,(H,19,20)(H2,21,22,24,25);1H. The summed E-state index contributed by atoms with van der Waals surface area (Å²) in [6.45, 7) is 6.93. The number of carbonyl (C=O) groups excluding carboxylic acids is 2. The summed E-state index contributed by atoms with van der Waals surface area (Å²) in [6.07, 6.45) is 4.09. The molecule has 2 saturated heterocycles. The summed E-state index contributed by atoms with van der Waals surface area (Å²) in [7, 11) is 0. The second kappa shape index (κ2) is 9.43. The van der Waals surface area contributed by atoms with Gasteiger partial charge in [-0.3, -0.25) is 15.1 Å². The molecule has 0 spiro atoms. The fourth-order valence-electron chi connectivity index (χ4n) is 3.67. The first-order valence-electron chi connectivity index (χ1n) is 9.22. The van der Waals surface area contributed by atoms with Crippen LogP contribution in [0.4, 0.5) is 4.79 Å². The third-order valence-electron chi connectivity index (χ3n) is 5.22. The van der Waals surface area contributed by atoms with E-state index in [-0.39, 0.29) is 35.8 Å². The van der Waals surface area contributed by atoms with Gasteiger partial charge in [-0.1, -0.05) is 0 Å². The molecule has 0 bridgehead atoms. The molecular formula is C18H28IN5O3. The van der Waals surface area contributed by atoms with E-state index in [9.17, 15) is 9.59 Å². The zero-order chi connectivity index (χ0) is 18.6. The molecule has 1 unspecified atom stereocenters. The molecule has 150 valence electrons. The number of nitrogens with zero attached hydrogens (tertiary/aromatic N) is 2. The van der Waals surface area contributed by atoms with Crippen LogP contribution in [0.3, 0.4) is 0 Å². The van der Waals surface area contributed by atoms with E-state index in [2.05, 4.69) is 20.9 Å². The Labute approximate surface area is 176 Å². The highest BCUT2D eigenvalue weighted by Crippen LogP contribution is 2.30. The maximum Gasteiger partial charge on any atom is 0.322 e. The largest absolute Gasteiger partial charge is 0.469 e. The van der Waals surface area contributed by atoms with Crippen molar-refractivity contribution < 1.29 is 14.0 Å². The maximum atomic E-state index is 12.1. The Balaban J connectivity index is 0.00000261. The number of nitrogens with one attached hydrogen (secondary N) is 3. The Morgan fingerprint density at radius 2 is 2.15 bits per heavy atom. The number of amides is 3. The van der Waals surface area contributed by atoms with Crippen molar-refractivity contribution in [1.82, 2.24) is 20.9 Å². The van der Waals surface area contributed by atoms with Gasteiger partial charge in [0, 0.05) is 32.6 Å². The van der Waals surface area contributed by atoms with Crippen molar-refractivity contribution in [1.29, 1.82) is 0 Å². The quantitative estimate of drug-likeness (QED) is 0.253. The van der Waals surface area contributed by atoms with Gasteiger partial charge in [0.15, 0.2) is 5.96 Å². The van der Waals surface area contributed by atoms with Crippen molar-refractivity contribution in [3.63, 3.8) is 0 Å². The van der Waals surface area contributed by atoms with Crippen LogP contribution in [-0.4, -0.2) is 54.5 Å². The first-order valence-corrected chi connectivity index (χ1v) is 9.22. The average molecular weight is 489 g/mol. The van der Waals surface area contributed by atoms with Gasteiger partial charge < -0.3 is 20.0 Å². The van der Waals surface area contributed by atoms with Gasteiger partial charge in [0.2, 0.25) is 0 Å². The van der Waals surface area contributed by atoms with Crippen molar-refractivity contribution in [3.8, 4) is 0 Å². The number of aliphatic imine (C=N–C) groups is 1. The summed E-state index contributed by atoms with van der Waals surface area (Å²) in [5.41, 5.74) is -0.808. The number of hydrogen-bond acceptors (Lipinski definition) is 4. The number of likely N-dealkylation sites (tertiary alicyclic amines) is 1. The third-order valence-corrected chi connectivity index (χ3v) is 5.22. The lowest BCUT2D eigenvalue weighted by Gasteiger charge is -2.39. The van der Waals surface area contributed by atoms with E-state index in [0.29, 0.717) is 6.54 Å². The number of carbonyl (C=O) groups is 2. The Hall–Kier alpha value is -1.78. The fourth-order valence-corrected chi connectivity index (χ4v) is 3.67. The number of furan rings is 1. The normalized spacial score (nSPS) is 23.6. The molecule has 1 aromatic heterocycles. The highest BCUT2D eigenvalue weighted by atomic mass is 127. The Bertz CT molecular complexity index is 671. The van der Waals surface area contributed by atoms with E-state index in [1.807, 2.05) is 26.0 Å². The maximum absolute atomic E-state index is 12.1. The minimum Gasteiger partial charge on any atom is -0.469 e. The van der Waals surface area contributed by atoms with Gasteiger partial charge in [-0.15, -0.1) is 24.0 Å². The van der Waals surface area contributed by atoms with Gasteiger partial charge in [-0.2, -0.15) is 0 Å². The SMILES string of the molecule is CCNC(=NCCc1ccco1)N1CCC(C2(C)NC(=O)NC2=O)CC1.I. The number of hydrogen-bond donors (Lipinski definition) is 3. The molecule has 2 fully saturated rings. The smallest absolute Gasteiger partial charge is 0.322 e. The molecule has 9 heteroatoms. The molecule has 0 aromatic carbocycles. The minimum atomic E-state index is -0.808. The number of guanidine groups is 1. The molecule has 3 heterocycles. The van der Waals surface area contributed by atoms with Crippen LogP contribution in [0.25, 0.3) is 0 Å². The van der Waals surface area contributed by atoms with E-state index in [4.69, 9.17) is 9.41 Å². The molecule has 3 rings (SSSR count). The average Bonchev–Trinajstić information content (AvgIpc) is 3.23. The predicted molar refractivity (Wildman–Crippen MR) is 113 cm³/mol. The van der Waals surface area contributed by atoms with Crippen LogP contribution in [-0.2, 0) is 11.2 Å². The summed E-state index contributed by atoms with van der Waals surface area (Å²) in [5, 5.41) is 8.49. The molecule has 0 saturated carbocycles. The van der Waals surface area contributed by atoms with Crippen LogP contribution in [0.5, 0.6) is 0 Å². The van der Waals surface area contributed by atoms with Gasteiger partial charge in [-0.05, 0) is 44.7 Å². The van der Waals surface area contributed by atoms with E-state index < -0.39 is 11.6 Å². The van der Waals surface area contributed by atoms with E-state index in [0.717, 1.165) is 50.6 Å². The number of halogens is 1. The lowest BCUT2D eigenvalue weighted by Crippen LogP contribution is -2.55. The fraction of sp³-hybridized carbons (Fsp3) is 0.611. The van der Waals surface area contributed by atoms with Crippen LogP contribution >= 0.6 is 24.0 Å². The topological polar surface area (TPSA) is 99.0 Å². The predicted octanol–water partition coefficient (Wildman–Crippen LogP) is 1.72. The van der Waals surface area contributed by atoms with Crippen LogP contribution in [0.1, 0.15) is 32.4 Å². The number of imide groups is 1. The van der Waals surface area contributed by atoms with Gasteiger partial charge in [-0.25, -0.2) is 4.79 Å². The first-order chi connectivity index (χ1) is 12.5. The molecule has 1 aromatic rings. The first kappa shape index (κ1) is 21.5. The molecule has 3 N–H and O–H groups in total. The van der Waals surface area contributed by atoms with Crippen molar-refractivity contribution in [2.45, 2.75) is 38.6 Å². The van der Waals surface area contributed by atoms with Gasteiger partial charge in [0.05, 0.1) is 6.26 Å². The van der Waals surface area contributed by atoms with E-state index in [1.165, 1.54) is 0 Å². The molecule has 27 heavy (non-hydrogen) atoms. The second-order valence-electron chi connectivity index (χ2n) is 6.94. The summed E-state index contributed by atoms with van der Waals surface area (Å²) in [6, 6.07) is 3.44. The van der Waals surface area contributed by atoms with Crippen molar-refractivity contribution >= 4 is 41.9 Å². The lowest BCUT2D eigenvalue weighted by atomic mass is 9.79. The molecule has 0 radical (unpaired) electrons. The summed E-state index contributed by atoms with van der Waals surface area (Å²) >= 11 is 0. The molecule has 8 nitrogen and oxygen atoms in total. The molecule has 2 aliphatic rings.